The number of rotatable bonds is 1. The van der Waals surface area contributed by atoms with Crippen LogP contribution in [0.2, 0.25) is 0 Å². The molecule has 0 aliphatic heterocycles. The predicted octanol–water partition coefficient (Wildman–Crippen LogP) is 2.06. The Morgan fingerprint density at radius 2 is 2.14 bits per heavy atom. The van der Waals surface area contributed by atoms with E-state index in [0.29, 0.717) is 6.42 Å². The van der Waals surface area contributed by atoms with E-state index in [4.69, 9.17) is 0 Å². The van der Waals surface area contributed by atoms with Crippen molar-refractivity contribution in [2.45, 2.75) is 19.0 Å². The molecular formula is C9H9F3O2. The van der Waals surface area contributed by atoms with Crippen LogP contribution in [0.15, 0.2) is 11.3 Å². The van der Waals surface area contributed by atoms with Gasteiger partial charge in [0.1, 0.15) is 0 Å². The predicted molar refractivity (Wildman–Crippen MR) is 41.3 cm³/mol. The Balaban J connectivity index is 2.40. The second kappa shape index (κ2) is 2.74. The van der Waals surface area contributed by atoms with Gasteiger partial charge in [-0.1, -0.05) is 0 Å². The van der Waals surface area contributed by atoms with Gasteiger partial charge in [0.25, 0.3) is 0 Å². The molecule has 2 rings (SSSR count). The van der Waals surface area contributed by atoms with Gasteiger partial charge >= 0.3 is 6.18 Å². The normalized spacial score (nSPS) is 34.1. The van der Waals surface area contributed by atoms with Crippen LogP contribution in [0.25, 0.3) is 0 Å². The number of hydrogen-bond donors (Lipinski definition) is 0. The number of methoxy groups -OCH3 is 1. The number of ketones is 1. The molecule has 2 atom stereocenters. The molecule has 0 bridgehead atoms. The van der Waals surface area contributed by atoms with Crippen molar-refractivity contribution in [3.63, 3.8) is 0 Å². The molecule has 2 saturated carbocycles. The van der Waals surface area contributed by atoms with Gasteiger partial charge in [0.15, 0.2) is 5.78 Å². The van der Waals surface area contributed by atoms with Crippen molar-refractivity contribution in [3.8, 4) is 0 Å². The Labute approximate surface area is 78.7 Å². The van der Waals surface area contributed by atoms with E-state index in [9.17, 15) is 18.0 Å². The van der Waals surface area contributed by atoms with Crippen LogP contribution < -0.4 is 0 Å². The van der Waals surface area contributed by atoms with Crippen LogP contribution in [0.3, 0.4) is 0 Å². The lowest BCUT2D eigenvalue weighted by Crippen LogP contribution is -2.19. The van der Waals surface area contributed by atoms with Gasteiger partial charge in [-0.15, -0.1) is 0 Å². The molecule has 0 spiro atoms. The Kier molecular flexibility index (Phi) is 1.87. The zero-order valence-electron chi connectivity index (χ0n) is 7.52. The molecule has 0 aromatic carbocycles. The van der Waals surface area contributed by atoms with E-state index < -0.39 is 17.7 Å². The van der Waals surface area contributed by atoms with E-state index in [1.807, 2.05) is 0 Å². The van der Waals surface area contributed by atoms with Crippen LogP contribution >= 0.6 is 0 Å². The third kappa shape index (κ3) is 1.31. The topological polar surface area (TPSA) is 26.3 Å². The number of allylic oxidation sites excluding steroid dienone is 2. The molecule has 0 saturated heterocycles. The zero-order valence-corrected chi connectivity index (χ0v) is 7.52. The lowest BCUT2D eigenvalue weighted by Gasteiger charge is -2.13. The van der Waals surface area contributed by atoms with Crippen molar-refractivity contribution in [2.24, 2.45) is 11.8 Å². The Morgan fingerprint density at radius 1 is 1.50 bits per heavy atom. The first-order valence-electron chi connectivity index (χ1n) is 4.33. The molecular weight excluding hydrogens is 197 g/mol. The van der Waals surface area contributed by atoms with Gasteiger partial charge in [-0.05, 0) is 18.3 Å². The van der Waals surface area contributed by atoms with Crippen molar-refractivity contribution in [1.29, 1.82) is 0 Å². The van der Waals surface area contributed by atoms with Crippen LogP contribution in [0, 0.1) is 11.8 Å². The summed E-state index contributed by atoms with van der Waals surface area (Å²) in [5.74, 6) is -1.54. The van der Waals surface area contributed by atoms with E-state index in [1.54, 1.807) is 0 Å². The van der Waals surface area contributed by atoms with Crippen molar-refractivity contribution < 1.29 is 22.7 Å². The first-order valence-corrected chi connectivity index (χ1v) is 4.33. The van der Waals surface area contributed by atoms with Crippen molar-refractivity contribution in [1.82, 2.24) is 0 Å². The van der Waals surface area contributed by atoms with Crippen LogP contribution in [0.5, 0.6) is 0 Å². The number of alkyl halides is 3. The molecule has 78 valence electrons. The summed E-state index contributed by atoms with van der Waals surface area (Å²) in [6.45, 7) is 0. The number of carbonyl (C=O) groups is 1. The molecule has 2 aliphatic rings. The van der Waals surface area contributed by atoms with Crippen LogP contribution in [0.1, 0.15) is 12.8 Å². The second-order valence-electron chi connectivity index (χ2n) is 3.67. The molecule has 2 unspecified atom stereocenters. The summed E-state index contributed by atoms with van der Waals surface area (Å²) in [5, 5.41) is 0. The molecule has 0 heterocycles. The largest absolute Gasteiger partial charge is 0.492 e. The maximum Gasteiger partial charge on any atom is 0.449 e. The molecule has 0 aromatic heterocycles. The number of halogens is 3. The van der Waals surface area contributed by atoms with Crippen molar-refractivity contribution in [3.05, 3.63) is 11.3 Å². The zero-order chi connectivity index (χ0) is 10.5. The highest BCUT2D eigenvalue weighted by Crippen LogP contribution is 2.55. The fraction of sp³-hybridized carbons (Fsp3) is 0.667. The van der Waals surface area contributed by atoms with E-state index in [2.05, 4.69) is 4.74 Å². The molecule has 0 aromatic rings. The number of Topliss-reactive ketones (excluding diaryl/α,β-unsaturated/α-hetero) is 1. The Hall–Kier alpha value is -1.00. The smallest absolute Gasteiger partial charge is 0.449 e. The van der Waals surface area contributed by atoms with Gasteiger partial charge in [-0.2, -0.15) is 13.2 Å². The average Bonchev–Trinajstić information content (AvgIpc) is 2.70. The first kappa shape index (κ1) is 9.55. The summed E-state index contributed by atoms with van der Waals surface area (Å²) < 4.78 is 41.5. The standard InChI is InChI=1S/C9H9F3O2/c1-14-8(9(10,11)12)7-5-2-4(5)3-6(7)13/h4-5H,2-3H2,1H3/b8-7-. The minimum Gasteiger partial charge on any atom is -0.492 e. The van der Waals surface area contributed by atoms with E-state index >= 15 is 0 Å². The molecule has 0 radical (unpaired) electrons. The number of fused-ring (bicyclic) bond motifs is 1. The van der Waals surface area contributed by atoms with E-state index in [1.165, 1.54) is 0 Å². The second-order valence-corrected chi connectivity index (χ2v) is 3.67. The van der Waals surface area contributed by atoms with Gasteiger partial charge in [0, 0.05) is 12.0 Å². The van der Waals surface area contributed by atoms with Crippen LogP contribution in [0.4, 0.5) is 13.2 Å². The fourth-order valence-corrected chi connectivity index (χ4v) is 2.06. The average molecular weight is 206 g/mol. The third-order valence-corrected chi connectivity index (χ3v) is 2.75. The van der Waals surface area contributed by atoms with Gasteiger partial charge in [0.05, 0.1) is 7.11 Å². The molecule has 0 N–H and O–H groups in total. The van der Waals surface area contributed by atoms with E-state index in [0.717, 1.165) is 7.11 Å². The Bertz CT molecular complexity index is 317. The molecule has 14 heavy (non-hydrogen) atoms. The summed E-state index contributed by atoms with van der Waals surface area (Å²) in [5.41, 5.74) is -0.134. The summed E-state index contributed by atoms with van der Waals surface area (Å²) in [6.07, 6.45) is -3.59. The number of ether oxygens (including phenoxy) is 1. The number of carbonyl (C=O) groups excluding carboxylic acids is 1. The molecule has 0 amide bonds. The summed E-state index contributed by atoms with van der Waals surface area (Å²) in [6, 6.07) is 0. The first-order chi connectivity index (χ1) is 6.45. The third-order valence-electron chi connectivity index (χ3n) is 2.75. The summed E-state index contributed by atoms with van der Waals surface area (Å²) >= 11 is 0. The van der Waals surface area contributed by atoms with Crippen LogP contribution in [-0.4, -0.2) is 19.1 Å². The highest BCUT2D eigenvalue weighted by Gasteiger charge is 2.54. The van der Waals surface area contributed by atoms with Crippen molar-refractivity contribution in [2.75, 3.05) is 7.11 Å². The van der Waals surface area contributed by atoms with Gasteiger partial charge in [-0.25, -0.2) is 0 Å². The molecule has 2 fully saturated rings. The maximum absolute atomic E-state index is 12.4. The summed E-state index contributed by atoms with van der Waals surface area (Å²) in [4.78, 5) is 11.2. The van der Waals surface area contributed by atoms with Crippen LogP contribution in [-0.2, 0) is 9.53 Å². The van der Waals surface area contributed by atoms with E-state index in [-0.39, 0.29) is 23.8 Å². The maximum atomic E-state index is 12.4. The quantitative estimate of drug-likeness (QED) is 0.485. The van der Waals surface area contributed by atoms with Crippen molar-refractivity contribution >= 4 is 5.78 Å². The minimum absolute atomic E-state index is 0.134. The Morgan fingerprint density at radius 3 is 2.50 bits per heavy atom. The summed E-state index contributed by atoms with van der Waals surface area (Å²) in [7, 11) is 0.957. The van der Waals surface area contributed by atoms with Gasteiger partial charge in [-0.3, -0.25) is 4.79 Å². The van der Waals surface area contributed by atoms with Gasteiger partial charge < -0.3 is 4.74 Å². The molecule has 2 nitrogen and oxygen atoms in total. The molecule has 5 heteroatoms. The number of hydrogen-bond acceptors (Lipinski definition) is 2. The highest BCUT2D eigenvalue weighted by atomic mass is 19.4. The lowest BCUT2D eigenvalue weighted by atomic mass is 10.1. The fourth-order valence-electron chi connectivity index (χ4n) is 2.06. The minimum atomic E-state index is -4.54. The van der Waals surface area contributed by atoms with Gasteiger partial charge in [0.2, 0.25) is 5.76 Å². The monoisotopic (exact) mass is 206 g/mol. The lowest BCUT2D eigenvalue weighted by molar-refractivity contribution is -0.131. The SMILES string of the molecule is CO/C(=C1\C(=O)CC2CC12)C(F)(F)F. The highest BCUT2D eigenvalue weighted by molar-refractivity contribution is 6.00. The molecule has 2 aliphatic carbocycles.